The van der Waals surface area contributed by atoms with E-state index in [2.05, 4.69) is 284 Å². The maximum Gasteiger partial charge on any atom is -0.0143 e. The molecule has 0 aromatic heterocycles. The summed E-state index contributed by atoms with van der Waals surface area (Å²) in [6, 6.07) is 54.2. The van der Waals surface area contributed by atoms with Gasteiger partial charge in [0.15, 0.2) is 0 Å². The molecule has 0 spiro atoms. The first-order valence-electron chi connectivity index (χ1n) is 30.3. The van der Waals surface area contributed by atoms with Crippen LogP contribution in [0.15, 0.2) is 146 Å². The molecule has 1 aliphatic rings. The zero-order chi connectivity index (χ0) is 59.3. The largest absolute Gasteiger partial charge is 0.0599 e. The molecule has 1 aliphatic carbocycles. The fourth-order valence-corrected chi connectivity index (χ4v) is 12.9. The van der Waals surface area contributed by atoms with E-state index >= 15 is 0 Å². The van der Waals surface area contributed by atoms with E-state index in [1.54, 1.807) is 0 Å². The molecule has 82 heavy (non-hydrogen) atoms. The van der Waals surface area contributed by atoms with Crippen molar-refractivity contribution in [2.45, 2.75) is 164 Å². The van der Waals surface area contributed by atoms with E-state index in [1.807, 2.05) is 0 Å². The second kappa shape index (κ2) is 23.5. The zero-order valence-electron chi connectivity index (χ0n) is 53.7. The van der Waals surface area contributed by atoms with Crippen molar-refractivity contribution in [1.82, 2.24) is 0 Å². The van der Waals surface area contributed by atoms with Crippen LogP contribution in [0.1, 0.15) is 142 Å². The summed E-state index contributed by atoms with van der Waals surface area (Å²) in [5, 5.41) is 22.1. The number of fused-ring (bicyclic) bond motifs is 8. The van der Waals surface area contributed by atoms with Gasteiger partial charge in [-0.25, -0.2) is 0 Å². The molecule has 0 amide bonds. The minimum atomic E-state index is 0.634. The van der Waals surface area contributed by atoms with Crippen LogP contribution >= 0.6 is 0 Å². The van der Waals surface area contributed by atoms with Crippen LogP contribution in [-0.4, -0.2) is 0 Å². The van der Waals surface area contributed by atoms with Crippen molar-refractivity contribution in [2.24, 2.45) is 10.8 Å². The Bertz CT molecular complexity index is 4010. The van der Waals surface area contributed by atoms with E-state index in [9.17, 15) is 0 Å². The van der Waals surface area contributed by atoms with Crippen LogP contribution in [0.4, 0.5) is 0 Å². The highest BCUT2D eigenvalue weighted by Gasteiger charge is 2.31. The summed E-state index contributed by atoms with van der Waals surface area (Å²) >= 11 is 0. The summed E-state index contributed by atoms with van der Waals surface area (Å²) in [7, 11) is 0. The van der Waals surface area contributed by atoms with Crippen LogP contribution in [0.5, 0.6) is 0 Å². The van der Waals surface area contributed by atoms with Gasteiger partial charge in [0.05, 0.1) is 0 Å². The number of rotatable bonds is 0. The molecule has 1 fully saturated rings. The minimum Gasteiger partial charge on any atom is -0.0599 e. The molecular formula is C82H92. The van der Waals surface area contributed by atoms with Gasteiger partial charge in [0.25, 0.3) is 0 Å². The third-order valence-electron chi connectivity index (χ3n) is 19.1. The molecule has 12 aromatic rings. The van der Waals surface area contributed by atoms with E-state index in [1.165, 1.54) is 201 Å². The van der Waals surface area contributed by atoms with E-state index in [0.29, 0.717) is 10.8 Å². The highest BCUT2D eigenvalue weighted by molar-refractivity contribution is 6.08. The van der Waals surface area contributed by atoms with E-state index in [4.69, 9.17) is 0 Å². The average molecular weight is 1080 g/mol. The molecule has 420 valence electrons. The third kappa shape index (κ3) is 12.3. The SMILES string of the molecule is CC1(C)CCC(C)(C)CC1.Cc1ccc2c(C)c3cc(C)ccc3c(C)c2c1.Cc1ccc2c(C)c3cc(C)ccc3c(C)c2c1.Cc1ccc2c(C)c3ccc(C)cc3c(C)c2c1.Cc1ccc2cc3c(C)c(C)ccc3cc2c1C. The number of hydrogen-bond donors (Lipinski definition) is 0. The van der Waals surface area contributed by atoms with Crippen LogP contribution in [0, 0.1) is 122 Å². The second-order valence-corrected chi connectivity index (χ2v) is 26.7. The lowest BCUT2D eigenvalue weighted by Gasteiger charge is -2.39. The summed E-state index contributed by atoms with van der Waals surface area (Å²) in [5.41, 5.74) is 23.2. The average Bonchev–Trinajstić information content (AvgIpc) is 3.65. The van der Waals surface area contributed by atoms with Crippen molar-refractivity contribution in [3.05, 3.63) is 235 Å². The Labute approximate surface area is 493 Å². The molecule has 0 aliphatic heterocycles. The predicted octanol–water partition coefficient (Wildman–Crippen LogP) is 24.5. The molecule has 0 radical (unpaired) electrons. The normalized spacial score (nSPS) is 13.6. The first kappa shape index (κ1) is 59.3. The lowest BCUT2D eigenvalue weighted by Crippen LogP contribution is -2.26. The van der Waals surface area contributed by atoms with Crippen molar-refractivity contribution in [3.8, 4) is 0 Å². The first-order valence-corrected chi connectivity index (χ1v) is 30.3. The van der Waals surface area contributed by atoms with Gasteiger partial charge in [-0.2, -0.15) is 0 Å². The van der Waals surface area contributed by atoms with Gasteiger partial charge in [0.1, 0.15) is 0 Å². The maximum atomic E-state index is 2.39. The first-order chi connectivity index (χ1) is 38.7. The zero-order valence-corrected chi connectivity index (χ0v) is 53.7. The minimum absolute atomic E-state index is 0.634. The van der Waals surface area contributed by atoms with Crippen LogP contribution in [-0.2, 0) is 0 Å². The summed E-state index contributed by atoms with van der Waals surface area (Å²) in [6.45, 7) is 44.7. The Balaban J connectivity index is 0.000000125. The van der Waals surface area contributed by atoms with Gasteiger partial charge in [0, 0.05) is 0 Å². The van der Waals surface area contributed by atoms with Gasteiger partial charge in [-0.1, -0.05) is 195 Å². The van der Waals surface area contributed by atoms with Crippen molar-refractivity contribution < 1.29 is 0 Å². The van der Waals surface area contributed by atoms with Gasteiger partial charge >= 0.3 is 0 Å². The monoisotopic (exact) mass is 1080 g/mol. The number of hydrogen-bond acceptors (Lipinski definition) is 0. The lowest BCUT2D eigenvalue weighted by molar-refractivity contribution is 0.133. The Kier molecular flexibility index (Phi) is 17.0. The molecule has 0 N–H and O–H groups in total. The molecule has 13 rings (SSSR count). The van der Waals surface area contributed by atoms with Gasteiger partial charge in [-0.15, -0.1) is 0 Å². The molecule has 0 saturated heterocycles. The fraction of sp³-hybridized carbons (Fsp3) is 0.317. The molecule has 0 heteroatoms. The van der Waals surface area contributed by atoms with E-state index < -0.39 is 0 Å². The summed E-state index contributed by atoms with van der Waals surface area (Å²) in [5.74, 6) is 0. The van der Waals surface area contributed by atoms with Gasteiger partial charge in [-0.05, 0) is 301 Å². The van der Waals surface area contributed by atoms with Gasteiger partial charge in [0.2, 0.25) is 0 Å². The lowest BCUT2D eigenvalue weighted by atomic mass is 9.67. The highest BCUT2D eigenvalue weighted by Crippen LogP contribution is 2.44. The van der Waals surface area contributed by atoms with Crippen molar-refractivity contribution in [3.63, 3.8) is 0 Å². The van der Waals surface area contributed by atoms with Crippen LogP contribution in [0.3, 0.4) is 0 Å². The smallest absolute Gasteiger partial charge is 0.0143 e. The summed E-state index contributed by atoms with van der Waals surface area (Å²) in [4.78, 5) is 0. The van der Waals surface area contributed by atoms with Crippen LogP contribution in [0.2, 0.25) is 0 Å². The van der Waals surface area contributed by atoms with Crippen LogP contribution < -0.4 is 0 Å². The molecule has 1 saturated carbocycles. The fourth-order valence-electron chi connectivity index (χ4n) is 12.9. The van der Waals surface area contributed by atoms with Crippen molar-refractivity contribution in [2.75, 3.05) is 0 Å². The highest BCUT2D eigenvalue weighted by atomic mass is 14.4. The van der Waals surface area contributed by atoms with Crippen LogP contribution in [0.25, 0.3) is 86.2 Å². The van der Waals surface area contributed by atoms with Gasteiger partial charge < -0.3 is 0 Å². The standard InChI is InChI=1S/4C18H18.C10H20/c1-11-5-7-15-10-18-14(4)12(2)6-8-16(18)9-17(15)13(11)3;2*1-11-5-7-15-14(4)18-10-12(2)6-8-16(18)13(3)17(15)9-11;1-11-5-7-15-13(3)16-8-6-12(2)10-18(16)14(4)17(15)9-11;1-9(2)5-7-10(3,4)8-6-9/h4*5-10H,1-4H3;5-8H2,1-4H3. The second-order valence-electron chi connectivity index (χ2n) is 26.7. The molecule has 0 unspecified atom stereocenters. The van der Waals surface area contributed by atoms with Gasteiger partial charge in [-0.3, -0.25) is 0 Å². The molecule has 0 atom stereocenters. The van der Waals surface area contributed by atoms with E-state index in [0.717, 1.165) is 0 Å². The Hall–Kier alpha value is -7.28. The molecular weight excluding hydrogens is 985 g/mol. The maximum absolute atomic E-state index is 2.39. The predicted molar refractivity (Wildman–Crippen MR) is 368 cm³/mol. The van der Waals surface area contributed by atoms with E-state index in [-0.39, 0.29) is 0 Å². The quantitative estimate of drug-likeness (QED) is 0.133. The molecule has 12 aromatic carbocycles. The Morgan fingerprint density at radius 2 is 0.390 bits per heavy atom. The molecule has 0 nitrogen and oxygen atoms in total. The Morgan fingerprint density at radius 1 is 0.195 bits per heavy atom. The summed E-state index contributed by atoms with van der Waals surface area (Å²) < 4.78 is 0. The Morgan fingerprint density at radius 3 is 0.610 bits per heavy atom. The van der Waals surface area contributed by atoms with Crippen molar-refractivity contribution in [1.29, 1.82) is 0 Å². The number of benzene rings is 12. The number of aryl methyl sites for hydroxylation is 16. The topological polar surface area (TPSA) is 0 Å². The summed E-state index contributed by atoms with van der Waals surface area (Å²) in [6.07, 6.45) is 5.67. The molecule has 0 heterocycles. The third-order valence-corrected chi connectivity index (χ3v) is 19.1. The molecule has 0 bridgehead atoms. The van der Waals surface area contributed by atoms with Crippen molar-refractivity contribution >= 4 is 86.2 Å².